The second-order valence-corrected chi connectivity index (χ2v) is 7.65. The van der Waals surface area contributed by atoms with Crippen LogP contribution in [-0.2, 0) is 6.42 Å². The number of hydrogen-bond donors (Lipinski definition) is 0. The molecule has 0 radical (unpaired) electrons. The SMILES string of the molecule is CCc1ccc(-n2ccc(C#N)c2C(=O)N2CCN(c3ccccc3C)CC2)cc1. The summed E-state index contributed by atoms with van der Waals surface area (Å²) >= 11 is 0. The number of aromatic nitrogens is 1. The van der Waals surface area contributed by atoms with E-state index in [1.807, 2.05) is 33.9 Å². The van der Waals surface area contributed by atoms with Crippen LogP contribution in [0.2, 0.25) is 0 Å². The Labute approximate surface area is 177 Å². The fourth-order valence-electron chi connectivity index (χ4n) is 4.07. The molecule has 0 atom stereocenters. The van der Waals surface area contributed by atoms with E-state index in [1.54, 1.807) is 6.07 Å². The van der Waals surface area contributed by atoms with Gasteiger partial charge < -0.3 is 14.4 Å². The molecular formula is C25H26N4O. The Bertz CT molecular complexity index is 1080. The highest BCUT2D eigenvalue weighted by Crippen LogP contribution is 2.23. The van der Waals surface area contributed by atoms with E-state index < -0.39 is 0 Å². The Hall–Kier alpha value is -3.52. The van der Waals surface area contributed by atoms with Crippen LogP contribution < -0.4 is 4.90 Å². The highest BCUT2D eigenvalue weighted by atomic mass is 16.2. The number of benzene rings is 2. The van der Waals surface area contributed by atoms with Gasteiger partial charge in [0.15, 0.2) is 0 Å². The third-order valence-corrected chi connectivity index (χ3v) is 5.86. The number of para-hydroxylation sites is 1. The number of anilines is 1. The standard InChI is InChI=1S/C25H26N4O/c1-3-20-8-10-22(11-9-20)29-13-12-21(18-26)24(29)25(30)28-16-14-27(15-17-28)23-7-5-4-6-19(23)2/h4-13H,3,14-17H2,1-2H3. The first-order valence-corrected chi connectivity index (χ1v) is 10.4. The lowest BCUT2D eigenvalue weighted by molar-refractivity contribution is 0.0738. The van der Waals surface area contributed by atoms with Gasteiger partial charge in [-0.3, -0.25) is 4.79 Å². The number of hydrogen-bond acceptors (Lipinski definition) is 3. The van der Waals surface area contributed by atoms with Gasteiger partial charge in [0.05, 0.1) is 5.56 Å². The van der Waals surface area contributed by atoms with Crippen molar-refractivity contribution >= 4 is 11.6 Å². The average molecular weight is 399 g/mol. The third kappa shape index (κ3) is 3.69. The van der Waals surface area contributed by atoms with Crippen LogP contribution in [-0.4, -0.2) is 41.6 Å². The molecule has 0 saturated carbocycles. The van der Waals surface area contributed by atoms with Gasteiger partial charge in [-0.05, 0) is 48.7 Å². The molecule has 0 spiro atoms. The van der Waals surface area contributed by atoms with Gasteiger partial charge in [-0.25, -0.2) is 0 Å². The molecular weight excluding hydrogens is 372 g/mol. The van der Waals surface area contributed by atoms with Gasteiger partial charge in [-0.1, -0.05) is 37.3 Å². The molecule has 2 aromatic carbocycles. The molecule has 30 heavy (non-hydrogen) atoms. The van der Waals surface area contributed by atoms with Gasteiger partial charge in [-0.2, -0.15) is 5.26 Å². The second kappa shape index (κ2) is 8.46. The first-order valence-electron chi connectivity index (χ1n) is 10.4. The summed E-state index contributed by atoms with van der Waals surface area (Å²) in [4.78, 5) is 17.6. The number of amides is 1. The summed E-state index contributed by atoms with van der Waals surface area (Å²) in [7, 11) is 0. The van der Waals surface area contributed by atoms with E-state index in [1.165, 1.54) is 16.8 Å². The van der Waals surface area contributed by atoms with Crippen molar-refractivity contribution in [1.29, 1.82) is 5.26 Å². The highest BCUT2D eigenvalue weighted by molar-refractivity contribution is 5.96. The summed E-state index contributed by atoms with van der Waals surface area (Å²) in [6, 6.07) is 20.4. The average Bonchev–Trinajstić information content (AvgIpc) is 3.23. The lowest BCUT2D eigenvalue weighted by atomic mass is 10.1. The number of carbonyl (C=O) groups is 1. The quantitative estimate of drug-likeness (QED) is 0.662. The van der Waals surface area contributed by atoms with Gasteiger partial charge in [0.2, 0.25) is 0 Å². The Kier molecular flexibility index (Phi) is 5.58. The van der Waals surface area contributed by atoms with Crippen molar-refractivity contribution in [2.24, 2.45) is 0 Å². The van der Waals surface area contributed by atoms with Crippen LogP contribution >= 0.6 is 0 Å². The van der Waals surface area contributed by atoms with Crippen LogP contribution in [0.3, 0.4) is 0 Å². The molecule has 0 bridgehead atoms. The fourth-order valence-corrected chi connectivity index (χ4v) is 4.07. The molecule has 3 aromatic rings. The van der Waals surface area contributed by atoms with Gasteiger partial charge in [0, 0.05) is 43.8 Å². The summed E-state index contributed by atoms with van der Waals surface area (Å²) in [5.74, 6) is -0.0828. The molecule has 152 valence electrons. The van der Waals surface area contributed by atoms with Gasteiger partial charge >= 0.3 is 0 Å². The number of nitriles is 1. The normalized spacial score (nSPS) is 13.9. The van der Waals surface area contributed by atoms with Crippen molar-refractivity contribution < 1.29 is 4.79 Å². The Morgan fingerprint density at radius 3 is 2.33 bits per heavy atom. The molecule has 1 amide bonds. The van der Waals surface area contributed by atoms with Crippen LogP contribution in [0.4, 0.5) is 5.69 Å². The predicted octanol–water partition coefficient (Wildman–Crippen LogP) is 4.18. The Balaban J connectivity index is 1.56. The van der Waals surface area contributed by atoms with Crippen molar-refractivity contribution in [3.63, 3.8) is 0 Å². The molecule has 0 aliphatic carbocycles. The molecule has 1 aliphatic rings. The zero-order valence-corrected chi connectivity index (χ0v) is 17.5. The molecule has 0 unspecified atom stereocenters. The smallest absolute Gasteiger partial charge is 0.272 e. The van der Waals surface area contributed by atoms with Crippen LogP contribution in [0.15, 0.2) is 60.8 Å². The lowest BCUT2D eigenvalue weighted by Crippen LogP contribution is -2.49. The van der Waals surface area contributed by atoms with E-state index in [9.17, 15) is 10.1 Å². The molecule has 1 fully saturated rings. The van der Waals surface area contributed by atoms with Gasteiger partial charge in [0.25, 0.3) is 5.91 Å². The number of aryl methyl sites for hydroxylation is 2. The van der Waals surface area contributed by atoms with Crippen LogP contribution in [0.1, 0.15) is 34.1 Å². The number of piperazine rings is 1. The predicted molar refractivity (Wildman–Crippen MR) is 119 cm³/mol. The Morgan fingerprint density at radius 2 is 1.70 bits per heavy atom. The van der Waals surface area contributed by atoms with E-state index in [0.29, 0.717) is 24.3 Å². The van der Waals surface area contributed by atoms with Crippen molar-refractivity contribution in [2.45, 2.75) is 20.3 Å². The maximum Gasteiger partial charge on any atom is 0.272 e. The van der Waals surface area contributed by atoms with Crippen LogP contribution in [0.5, 0.6) is 0 Å². The summed E-state index contributed by atoms with van der Waals surface area (Å²) in [6.45, 7) is 7.07. The first kappa shape index (κ1) is 19.8. The monoisotopic (exact) mass is 398 g/mol. The van der Waals surface area contributed by atoms with Crippen molar-refractivity contribution in [1.82, 2.24) is 9.47 Å². The largest absolute Gasteiger partial charge is 0.368 e. The molecule has 1 aromatic heterocycles. The van der Waals surface area contributed by atoms with Gasteiger partial charge in [0.1, 0.15) is 11.8 Å². The summed E-state index contributed by atoms with van der Waals surface area (Å²) in [5, 5.41) is 9.59. The molecule has 0 N–H and O–H groups in total. The first-order chi connectivity index (χ1) is 14.6. The number of rotatable bonds is 4. The van der Waals surface area contributed by atoms with Crippen molar-refractivity contribution in [2.75, 3.05) is 31.1 Å². The maximum absolute atomic E-state index is 13.4. The van der Waals surface area contributed by atoms with E-state index >= 15 is 0 Å². The molecule has 5 nitrogen and oxygen atoms in total. The van der Waals surface area contributed by atoms with E-state index in [4.69, 9.17) is 0 Å². The van der Waals surface area contributed by atoms with Crippen LogP contribution in [0.25, 0.3) is 5.69 Å². The third-order valence-electron chi connectivity index (χ3n) is 5.86. The lowest BCUT2D eigenvalue weighted by Gasteiger charge is -2.37. The molecule has 2 heterocycles. The van der Waals surface area contributed by atoms with Crippen LogP contribution in [0, 0.1) is 18.3 Å². The zero-order chi connectivity index (χ0) is 21.1. The van der Waals surface area contributed by atoms with Crippen molar-refractivity contribution in [3.05, 3.63) is 83.2 Å². The van der Waals surface area contributed by atoms with Gasteiger partial charge in [-0.15, -0.1) is 0 Å². The second-order valence-electron chi connectivity index (χ2n) is 7.65. The van der Waals surface area contributed by atoms with E-state index in [-0.39, 0.29) is 5.91 Å². The topological polar surface area (TPSA) is 52.3 Å². The Morgan fingerprint density at radius 1 is 1.00 bits per heavy atom. The summed E-state index contributed by atoms with van der Waals surface area (Å²) in [5.41, 5.74) is 5.48. The zero-order valence-electron chi connectivity index (χ0n) is 17.5. The highest BCUT2D eigenvalue weighted by Gasteiger charge is 2.27. The minimum Gasteiger partial charge on any atom is -0.368 e. The molecule has 1 aliphatic heterocycles. The number of nitrogens with zero attached hydrogens (tertiary/aromatic N) is 4. The summed E-state index contributed by atoms with van der Waals surface area (Å²) in [6.07, 6.45) is 2.78. The number of carbonyl (C=O) groups excluding carboxylic acids is 1. The molecule has 1 saturated heterocycles. The molecule has 5 heteroatoms. The minimum atomic E-state index is -0.0828. The fraction of sp³-hybridized carbons (Fsp3) is 0.280. The minimum absolute atomic E-state index is 0.0828. The van der Waals surface area contributed by atoms with E-state index in [0.717, 1.165) is 25.2 Å². The summed E-state index contributed by atoms with van der Waals surface area (Å²) < 4.78 is 1.84. The molecule has 4 rings (SSSR count). The van der Waals surface area contributed by atoms with Crippen molar-refractivity contribution in [3.8, 4) is 11.8 Å². The van der Waals surface area contributed by atoms with E-state index in [2.05, 4.69) is 55.1 Å². The maximum atomic E-state index is 13.4.